The van der Waals surface area contributed by atoms with E-state index in [9.17, 15) is 14.7 Å². The van der Waals surface area contributed by atoms with Gasteiger partial charge in [0, 0.05) is 5.69 Å². The summed E-state index contributed by atoms with van der Waals surface area (Å²) in [6, 6.07) is 15.3. The molecule has 0 fully saturated rings. The summed E-state index contributed by atoms with van der Waals surface area (Å²) >= 11 is 0. The molecule has 0 aliphatic heterocycles. The Morgan fingerprint density at radius 3 is 2.56 bits per heavy atom. The Kier molecular flexibility index (Phi) is 4.47. The molecular weight excluding hydrogens is 320 g/mol. The molecule has 0 radical (unpaired) electrons. The first-order chi connectivity index (χ1) is 12.1. The first-order valence-corrected chi connectivity index (χ1v) is 7.56. The molecule has 7 heteroatoms. The first-order valence-electron chi connectivity index (χ1n) is 7.56. The summed E-state index contributed by atoms with van der Waals surface area (Å²) in [5, 5.41) is 16.4. The van der Waals surface area contributed by atoms with Gasteiger partial charge in [-0.25, -0.2) is 10.1 Å². The topological polar surface area (TPSA) is 99.5 Å². The molecule has 3 aromatic rings. The largest absolute Gasteiger partial charge is 0.507 e. The van der Waals surface area contributed by atoms with Gasteiger partial charge in [0.1, 0.15) is 5.75 Å². The number of aromatic hydroxyl groups is 1. The molecule has 0 spiro atoms. The Bertz CT molecular complexity index is 987. The third-order valence-corrected chi connectivity index (χ3v) is 3.64. The number of nitrogens with one attached hydrogen (secondary N) is 2. The highest BCUT2D eigenvalue weighted by molar-refractivity contribution is 5.97. The van der Waals surface area contributed by atoms with Crippen LogP contribution in [0.4, 0.5) is 0 Å². The number of H-pyrrole nitrogens is 1. The van der Waals surface area contributed by atoms with Gasteiger partial charge in [-0.1, -0.05) is 30.3 Å². The van der Waals surface area contributed by atoms with Crippen LogP contribution >= 0.6 is 0 Å². The lowest BCUT2D eigenvalue weighted by atomic mass is 10.2. The van der Waals surface area contributed by atoms with Crippen LogP contribution in [0.2, 0.25) is 0 Å². The van der Waals surface area contributed by atoms with Gasteiger partial charge in [-0.05, 0) is 31.2 Å². The van der Waals surface area contributed by atoms with Crippen molar-refractivity contribution in [3.05, 3.63) is 81.8 Å². The molecule has 3 N–H and O–H groups in total. The molecule has 0 aliphatic carbocycles. The van der Waals surface area contributed by atoms with E-state index in [0.717, 1.165) is 0 Å². The minimum absolute atomic E-state index is 0.104. The molecule has 0 bridgehead atoms. The van der Waals surface area contributed by atoms with E-state index in [1.54, 1.807) is 31.2 Å². The third kappa shape index (κ3) is 3.35. The minimum Gasteiger partial charge on any atom is -0.507 e. The van der Waals surface area contributed by atoms with E-state index in [4.69, 9.17) is 0 Å². The van der Waals surface area contributed by atoms with Gasteiger partial charge < -0.3 is 5.11 Å². The van der Waals surface area contributed by atoms with Gasteiger partial charge >= 0.3 is 0 Å². The molecular formula is C18H16N4O3. The lowest BCUT2D eigenvalue weighted by Crippen LogP contribution is -2.20. The van der Waals surface area contributed by atoms with Crippen molar-refractivity contribution in [3.63, 3.8) is 0 Å². The Morgan fingerprint density at radius 1 is 1.16 bits per heavy atom. The number of hydrazone groups is 1. The zero-order valence-electron chi connectivity index (χ0n) is 13.4. The maximum atomic E-state index is 12.5. The second-order valence-electron chi connectivity index (χ2n) is 5.34. The third-order valence-electron chi connectivity index (χ3n) is 3.64. The van der Waals surface area contributed by atoms with Crippen LogP contribution in [0.3, 0.4) is 0 Å². The molecule has 0 aliphatic rings. The lowest BCUT2D eigenvalue weighted by Gasteiger charge is -2.01. The van der Waals surface area contributed by atoms with Crippen LogP contribution in [-0.2, 0) is 0 Å². The molecule has 1 aromatic heterocycles. The van der Waals surface area contributed by atoms with E-state index in [1.807, 2.05) is 18.2 Å². The summed E-state index contributed by atoms with van der Waals surface area (Å²) in [6.45, 7) is 1.74. The predicted molar refractivity (Wildman–Crippen MR) is 94.3 cm³/mol. The van der Waals surface area contributed by atoms with Crippen LogP contribution in [0.25, 0.3) is 5.69 Å². The summed E-state index contributed by atoms with van der Waals surface area (Å²) < 4.78 is 1.40. The number of phenols is 1. The quantitative estimate of drug-likeness (QED) is 0.501. The number of hydrogen-bond donors (Lipinski definition) is 3. The molecule has 0 atom stereocenters. The van der Waals surface area contributed by atoms with Crippen LogP contribution in [-0.4, -0.2) is 27.0 Å². The maximum Gasteiger partial charge on any atom is 0.280 e. The van der Waals surface area contributed by atoms with Crippen molar-refractivity contribution < 1.29 is 9.90 Å². The first kappa shape index (κ1) is 16.3. The van der Waals surface area contributed by atoms with Crippen molar-refractivity contribution in [1.29, 1.82) is 0 Å². The summed E-state index contributed by atoms with van der Waals surface area (Å²) in [5.41, 5.74) is 3.79. The number of nitrogens with zero attached hydrogens (tertiary/aromatic N) is 2. The Labute approximate surface area is 143 Å². The second kappa shape index (κ2) is 6.88. The van der Waals surface area contributed by atoms with Crippen LogP contribution in [0.1, 0.15) is 21.6 Å². The van der Waals surface area contributed by atoms with E-state index in [2.05, 4.69) is 15.6 Å². The monoisotopic (exact) mass is 336 g/mol. The summed E-state index contributed by atoms with van der Waals surface area (Å²) in [7, 11) is 0. The predicted octanol–water partition coefficient (Wildman–Crippen LogP) is 1.94. The Morgan fingerprint density at radius 2 is 1.84 bits per heavy atom. The molecule has 0 saturated heterocycles. The second-order valence-corrected chi connectivity index (χ2v) is 5.34. The van der Waals surface area contributed by atoms with Crippen molar-refractivity contribution in [2.75, 3.05) is 0 Å². The number of rotatable bonds is 4. The number of aryl methyl sites for hydroxylation is 1. The lowest BCUT2D eigenvalue weighted by molar-refractivity contribution is 0.0952. The fourth-order valence-corrected chi connectivity index (χ4v) is 2.35. The van der Waals surface area contributed by atoms with E-state index >= 15 is 0 Å². The molecule has 2 aromatic carbocycles. The molecule has 3 rings (SSSR count). The van der Waals surface area contributed by atoms with Crippen LogP contribution in [0.5, 0.6) is 5.75 Å². The van der Waals surface area contributed by atoms with Crippen molar-refractivity contribution >= 4 is 12.1 Å². The minimum atomic E-state index is -0.564. The molecule has 0 unspecified atom stereocenters. The number of amides is 1. The van der Waals surface area contributed by atoms with Crippen LogP contribution in [0, 0.1) is 6.92 Å². The van der Waals surface area contributed by atoms with E-state index in [1.165, 1.54) is 23.0 Å². The smallest absolute Gasteiger partial charge is 0.280 e. The van der Waals surface area contributed by atoms with Crippen LogP contribution in [0.15, 0.2) is 64.5 Å². The molecule has 7 nitrogen and oxygen atoms in total. The highest BCUT2D eigenvalue weighted by Crippen LogP contribution is 2.14. The Balaban J connectivity index is 1.81. The van der Waals surface area contributed by atoms with Gasteiger partial charge in [0.15, 0.2) is 0 Å². The molecule has 0 saturated carbocycles. The van der Waals surface area contributed by atoms with Crippen molar-refractivity contribution in [3.8, 4) is 11.4 Å². The number of phenolic OH excluding ortho intramolecular Hbond substituents is 1. The van der Waals surface area contributed by atoms with Gasteiger partial charge in [-0.15, -0.1) is 0 Å². The SMILES string of the molecule is Cc1[nH]n(-c2ccccc2)c(=O)c1/C=N/NC(=O)c1ccccc1O. The zero-order valence-corrected chi connectivity index (χ0v) is 13.4. The molecule has 126 valence electrons. The zero-order chi connectivity index (χ0) is 17.8. The summed E-state index contributed by atoms with van der Waals surface area (Å²) in [4.78, 5) is 24.5. The number of hydrogen-bond acceptors (Lipinski definition) is 4. The van der Waals surface area contributed by atoms with Gasteiger partial charge in [-0.3, -0.25) is 14.7 Å². The number of benzene rings is 2. The standard InChI is InChI=1S/C18H16N4O3/c1-12-15(18(25)22(21-12)13-7-3-2-4-8-13)11-19-20-17(24)14-9-5-6-10-16(14)23/h2-11,21,23H,1H3,(H,20,24)/b19-11+. The average Bonchev–Trinajstić information content (AvgIpc) is 2.91. The number of para-hydroxylation sites is 2. The van der Waals surface area contributed by atoms with Gasteiger partial charge in [-0.2, -0.15) is 5.10 Å². The number of carbonyl (C=O) groups excluding carboxylic acids is 1. The van der Waals surface area contributed by atoms with Crippen molar-refractivity contribution in [1.82, 2.24) is 15.2 Å². The highest BCUT2D eigenvalue weighted by Gasteiger charge is 2.11. The fourth-order valence-electron chi connectivity index (χ4n) is 2.35. The fraction of sp³-hybridized carbons (Fsp3) is 0.0556. The van der Waals surface area contributed by atoms with Crippen LogP contribution < -0.4 is 11.0 Å². The molecule has 1 heterocycles. The van der Waals surface area contributed by atoms with E-state index < -0.39 is 5.91 Å². The Hall–Kier alpha value is -3.61. The van der Waals surface area contributed by atoms with Crippen molar-refractivity contribution in [2.45, 2.75) is 6.92 Å². The number of carbonyl (C=O) groups is 1. The normalized spacial score (nSPS) is 10.9. The van der Waals surface area contributed by atoms with E-state index in [0.29, 0.717) is 16.9 Å². The summed E-state index contributed by atoms with van der Waals surface area (Å²) in [5.74, 6) is -0.703. The number of aromatic amines is 1. The molecule has 1 amide bonds. The van der Waals surface area contributed by atoms with E-state index in [-0.39, 0.29) is 16.9 Å². The molecule has 25 heavy (non-hydrogen) atoms. The van der Waals surface area contributed by atoms with Gasteiger partial charge in [0.2, 0.25) is 0 Å². The van der Waals surface area contributed by atoms with Crippen molar-refractivity contribution in [2.24, 2.45) is 5.10 Å². The van der Waals surface area contributed by atoms with Gasteiger partial charge in [0.25, 0.3) is 11.5 Å². The number of aromatic nitrogens is 2. The van der Waals surface area contributed by atoms with Gasteiger partial charge in [0.05, 0.1) is 23.0 Å². The summed E-state index contributed by atoms with van der Waals surface area (Å²) in [6.07, 6.45) is 1.28. The average molecular weight is 336 g/mol. The highest BCUT2D eigenvalue weighted by atomic mass is 16.3. The maximum absolute atomic E-state index is 12.5.